The lowest BCUT2D eigenvalue weighted by molar-refractivity contribution is 0.122. The molecule has 1 saturated heterocycles. The molecule has 1 aliphatic rings. The summed E-state index contributed by atoms with van der Waals surface area (Å²) >= 11 is 0. The van der Waals surface area contributed by atoms with Crippen molar-refractivity contribution in [2.24, 2.45) is 0 Å². The molecule has 0 amide bonds. The van der Waals surface area contributed by atoms with Gasteiger partial charge in [-0.15, -0.1) is 0 Å². The van der Waals surface area contributed by atoms with E-state index in [-0.39, 0.29) is 0 Å². The monoisotopic (exact) mass is 360 g/mol. The SMILES string of the molecule is c1ccc(Oc2cccc(CNc3ccc(N4CCOCC4)cc3)c2)cc1. The Morgan fingerprint density at radius 2 is 1.56 bits per heavy atom. The van der Waals surface area contributed by atoms with E-state index < -0.39 is 0 Å². The van der Waals surface area contributed by atoms with Crippen LogP contribution in [0.25, 0.3) is 0 Å². The average Bonchev–Trinajstić information content (AvgIpc) is 2.74. The normalized spacial score (nSPS) is 14.0. The fourth-order valence-corrected chi connectivity index (χ4v) is 3.16. The molecular weight excluding hydrogens is 336 g/mol. The van der Waals surface area contributed by atoms with Gasteiger partial charge >= 0.3 is 0 Å². The minimum atomic E-state index is 0.753. The fourth-order valence-electron chi connectivity index (χ4n) is 3.16. The van der Waals surface area contributed by atoms with Crippen molar-refractivity contribution in [3.8, 4) is 11.5 Å². The fraction of sp³-hybridized carbons (Fsp3) is 0.217. The number of nitrogens with zero attached hydrogens (tertiary/aromatic N) is 1. The van der Waals surface area contributed by atoms with Gasteiger partial charge in [-0.05, 0) is 54.1 Å². The van der Waals surface area contributed by atoms with Crippen molar-refractivity contribution in [3.05, 3.63) is 84.4 Å². The van der Waals surface area contributed by atoms with Gasteiger partial charge < -0.3 is 19.7 Å². The smallest absolute Gasteiger partial charge is 0.127 e. The topological polar surface area (TPSA) is 33.7 Å². The molecule has 0 atom stereocenters. The third-order valence-electron chi connectivity index (χ3n) is 4.62. The summed E-state index contributed by atoms with van der Waals surface area (Å²) in [5.74, 6) is 1.70. The van der Waals surface area contributed by atoms with E-state index in [9.17, 15) is 0 Å². The summed E-state index contributed by atoms with van der Waals surface area (Å²) in [4.78, 5) is 2.36. The summed E-state index contributed by atoms with van der Waals surface area (Å²) in [6.07, 6.45) is 0. The Balaban J connectivity index is 1.35. The van der Waals surface area contributed by atoms with Crippen LogP contribution in [0.15, 0.2) is 78.9 Å². The molecule has 0 unspecified atom stereocenters. The lowest BCUT2D eigenvalue weighted by atomic mass is 10.2. The Hall–Kier alpha value is -2.98. The molecule has 138 valence electrons. The van der Waals surface area contributed by atoms with Gasteiger partial charge in [-0.1, -0.05) is 30.3 Å². The molecule has 0 aliphatic carbocycles. The van der Waals surface area contributed by atoms with Crippen LogP contribution in [0.5, 0.6) is 11.5 Å². The number of hydrogen-bond acceptors (Lipinski definition) is 4. The molecule has 1 aliphatic heterocycles. The molecule has 0 bridgehead atoms. The number of anilines is 2. The predicted octanol–water partition coefficient (Wildman–Crippen LogP) is 4.93. The van der Waals surface area contributed by atoms with Crippen molar-refractivity contribution in [1.29, 1.82) is 0 Å². The second kappa shape index (κ2) is 8.60. The van der Waals surface area contributed by atoms with Gasteiger partial charge in [-0.25, -0.2) is 0 Å². The quantitative estimate of drug-likeness (QED) is 0.676. The number of benzene rings is 3. The van der Waals surface area contributed by atoms with Crippen LogP contribution in [0, 0.1) is 0 Å². The molecule has 1 fully saturated rings. The van der Waals surface area contributed by atoms with Crippen molar-refractivity contribution >= 4 is 11.4 Å². The molecule has 1 N–H and O–H groups in total. The van der Waals surface area contributed by atoms with E-state index in [2.05, 4.69) is 46.6 Å². The molecule has 0 saturated carbocycles. The maximum Gasteiger partial charge on any atom is 0.127 e. The number of para-hydroxylation sites is 1. The van der Waals surface area contributed by atoms with E-state index in [4.69, 9.17) is 9.47 Å². The molecule has 3 aromatic rings. The summed E-state index contributed by atoms with van der Waals surface area (Å²) in [5, 5.41) is 3.48. The van der Waals surface area contributed by atoms with E-state index in [1.54, 1.807) is 0 Å². The molecule has 1 heterocycles. The van der Waals surface area contributed by atoms with Crippen LogP contribution in [0.4, 0.5) is 11.4 Å². The summed E-state index contributed by atoms with van der Waals surface area (Å²) < 4.78 is 11.3. The molecule has 0 aromatic heterocycles. The minimum Gasteiger partial charge on any atom is -0.457 e. The molecule has 4 rings (SSSR count). The third-order valence-corrected chi connectivity index (χ3v) is 4.62. The highest BCUT2D eigenvalue weighted by molar-refractivity contribution is 5.55. The summed E-state index contributed by atoms with van der Waals surface area (Å²) in [5.41, 5.74) is 3.55. The van der Waals surface area contributed by atoms with Crippen molar-refractivity contribution < 1.29 is 9.47 Å². The zero-order valence-electron chi connectivity index (χ0n) is 15.3. The number of hydrogen-bond donors (Lipinski definition) is 1. The van der Waals surface area contributed by atoms with Crippen molar-refractivity contribution in [3.63, 3.8) is 0 Å². The van der Waals surface area contributed by atoms with Gasteiger partial charge in [0.1, 0.15) is 11.5 Å². The minimum absolute atomic E-state index is 0.753. The molecule has 0 radical (unpaired) electrons. The Bertz CT molecular complexity index is 844. The predicted molar refractivity (Wildman–Crippen MR) is 110 cm³/mol. The lowest BCUT2D eigenvalue weighted by Gasteiger charge is -2.28. The maximum atomic E-state index is 5.91. The van der Waals surface area contributed by atoms with Crippen LogP contribution >= 0.6 is 0 Å². The van der Waals surface area contributed by atoms with Gasteiger partial charge in [-0.3, -0.25) is 0 Å². The Morgan fingerprint density at radius 3 is 2.33 bits per heavy atom. The molecule has 4 heteroatoms. The van der Waals surface area contributed by atoms with E-state index in [1.807, 2.05) is 42.5 Å². The number of nitrogens with one attached hydrogen (secondary N) is 1. The van der Waals surface area contributed by atoms with Gasteiger partial charge in [0.15, 0.2) is 0 Å². The first-order chi connectivity index (χ1) is 13.4. The van der Waals surface area contributed by atoms with Crippen LogP contribution in [0.1, 0.15) is 5.56 Å². The number of morpholine rings is 1. The summed E-state index contributed by atoms with van der Waals surface area (Å²) in [6, 6.07) is 26.6. The van der Waals surface area contributed by atoms with Crippen LogP contribution in [-0.4, -0.2) is 26.3 Å². The second-order valence-corrected chi connectivity index (χ2v) is 6.56. The van der Waals surface area contributed by atoms with E-state index in [1.165, 1.54) is 11.3 Å². The van der Waals surface area contributed by atoms with Crippen LogP contribution in [0.3, 0.4) is 0 Å². The highest BCUT2D eigenvalue weighted by atomic mass is 16.5. The van der Waals surface area contributed by atoms with Crippen LogP contribution < -0.4 is 15.0 Å². The average molecular weight is 360 g/mol. The lowest BCUT2D eigenvalue weighted by Crippen LogP contribution is -2.36. The molecular formula is C23H24N2O2. The Morgan fingerprint density at radius 1 is 0.815 bits per heavy atom. The van der Waals surface area contributed by atoms with Gasteiger partial charge in [-0.2, -0.15) is 0 Å². The molecule has 3 aromatic carbocycles. The first-order valence-electron chi connectivity index (χ1n) is 9.35. The van der Waals surface area contributed by atoms with Crippen molar-refractivity contribution in [2.75, 3.05) is 36.5 Å². The van der Waals surface area contributed by atoms with Crippen molar-refractivity contribution in [1.82, 2.24) is 0 Å². The zero-order valence-corrected chi connectivity index (χ0v) is 15.3. The Kier molecular flexibility index (Phi) is 5.56. The number of ether oxygens (including phenoxy) is 2. The van der Waals surface area contributed by atoms with Gasteiger partial charge in [0, 0.05) is 31.0 Å². The zero-order chi connectivity index (χ0) is 18.3. The van der Waals surface area contributed by atoms with Crippen LogP contribution in [0.2, 0.25) is 0 Å². The Labute approximate surface area is 160 Å². The summed E-state index contributed by atoms with van der Waals surface area (Å²) in [6.45, 7) is 4.29. The first-order valence-corrected chi connectivity index (χ1v) is 9.35. The van der Waals surface area contributed by atoms with Crippen molar-refractivity contribution in [2.45, 2.75) is 6.54 Å². The first kappa shape index (κ1) is 17.4. The largest absolute Gasteiger partial charge is 0.457 e. The van der Waals surface area contributed by atoms with Gasteiger partial charge in [0.25, 0.3) is 0 Å². The van der Waals surface area contributed by atoms with E-state index in [0.29, 0.717) is 0 Å². The highest BCUT2D eigenvalue weighted by Crippen LogP contribution is 2.23. The second-order valence-electron chi connectivity index (χ2n) is 6.56. The van der Waals surface area contributed by atoms with E-state index >= 15 is 0 Å². The standard InChI is InChI=1S/C23H24N2O2/c1-2-6-22(7-3-1)27-23-8-4-5-19(17-23)18-24-20-9-11-21(12-10-20)25-13-15-26-16-14-25/h1-12,17,24H,13-16,18H2. The molecule has 27 heavy (non-hydrogen) atoms. The van der Waals surface area contributed by atoms with E-state index in [0.717, 1.165) is 50.0 Å². The molecule has 4 nitrogen and oxygen atoms in total. The van der Waals surface area contributed by atoms with Crippen LogP contribution in [-0.2, 0) is 11.3 Å². The summed E-state index contributed by atoms with van der Waals surface area (Å²) in [7, 11) is 0. The van der Waals surface area contributed by atoms with Gasteiger partial charge in [0.2, 0.25) is 0 Å². The highest BCUT2D eigenvalue weighted by Gasteiger charge is 2.10. The molecule has 0 spiro atoms. The third kappa shape index (κ3) is 4.80. The number of rotatable bonds is 6. The van der Waals surface area contributed by atoms with Gasteiger partial charge in [0.05, 0.1) is 13.2 Å². The maximum absolute atomic E-state index is 5.91.